The van der Waals surface area contributed by atoms with Crippen LogP contribution in [0.2, 0.25) is 0 Å². The van der Waals surface area contributed by atoms with E-state index in [2.05, 4.69) is 20.3 Å². The summed E-state index contributed by atoms with van der Waals surface area (Å²) in [4.78, 5) is 22.2. The van der Waals surface area contributed by atoms with Gasteiger partial charge < -0.3 is 10.3 Å². The first kappa shape index (κ1) is 23.5. The summed E-state index contributed by atoms with van der Waals surface area (Å²) < 4.78 is 65.5. The van der Waals surface area contributed by atoms with E-state index in [9.17, 15) is 26.7 Å². The third kappa shape index (κ3) is 5.76. The van der Waals surface area contributed by atoms with Gasteiger partial charge in [0.25, 0.3) is 12.0 Å². The van der Waals surface area contributed by atoms with Crippen molar-refractivity contribution in [2.75, 3.05) is 6.54 Å². The first-order valence-corrected chi connectivity index (χ1v) is 9.81. The molecular formula is C22H21F5N4O. The second-order valence-electron chi connectivity index (χ2n) is 7.66. The Labute approximate surface area is 180 Å². The maximum atomic E-state index is 13.6. The Hall–Kier alpha value is -3.14. The average Bonchev–Trinajstić information content (AvgIpc) is 2.72. The van der Waals surface area contributed by atoms with Crippen LogP contribution in [0.3, 0.4) is 0 Å². The van der Waals surface area contributed by atoms with Gasteiger partial charge in [-0.1, -0.05) is 26.0 Å². The molecule has 0 saturated carbocycles. The van der Waals surface area contributed by atoms with E-state index in [1.165, 1.54) is 12.1 Å². The smallest absolute Gasteiger partial charge is 0.312 e. The van der Waals surface area contributed by atoms with Crippen molar-refractivity contribution in [2.24, 2.45) is 5.92 Å². The standard InChI is InChI=1S/C22H21F5N4O/c1-12(2)9-28-10-13-3-5-15(20(23)24)16(7-13)21-30-17(8-19(32)31-21)14-4-6-18(29-11-14)22(25,26)27/h3-8,11-12,20,28H,9-10H2,1-2H3,(H,30,31,32). The molecule has 0 aliphatic heterocycles. The molecule has 0 aliphatic rings. The van der Waals surface area contributed by atoms with Crippen molar-refractivity contribution >= 4 is 0 Å². The Bertz CT molecular complexity index is 1120. The quantitative estimate of drug-likeness (QED) is 0.484. The van der Waals surface area contributed by atoms with Crippen molar-refractivity contribution in [1.29, 1.82) is 0 Å². The van der Waals surface area contributed by atoms with Crippen LogP contribution in [0.5, 0.6) is 0 Å². The minimum absolute atomic E-state index is 0.0218. The Morgan fingerprint density at radius 2 is 1.84 bits per heavy atom. The predicted octanol–water partition coefficient (Wildman–Crippen LogP) is 5.20. The molecule has 0 amide bonds. The van der Waals surface area contributed by atoms with Crippen molar-refractivity contribution in [3.63, 3.8) is 0 Å². The van der Waals surface area contributed by atoms with Crippen LogP contribution in [0.15, 0.2) is 47.4 Å². The van der Waals surface area contributed by atoms with Gasteiger partial charge in [-0.05, 0) is 36.2 Å². The van der Waals surface area contributed by atoms with Crippen molar-refractivity contribution < 1.29 is 22.0 Å². The predicted molar refractivity (Wildman–Crippen MR) is 110 cm³/mol. The fourth-order valence-corrected chi connectivity index (χ4v) is 3.06. The van der Waals surface area contributed by atoms with E-state index in [0.29, 0.717) is 18.0 Å². The zero-order chi connectivity index (χ0) is 23.5. The molecule has 0 atom stereocenters. The Morgan fingerprint density at radius 1 is 1.09 bits per heavy atom. The van der Waals surface area contributed by atoms with Crippen LogP contribution in [0, 0.1) is 5.92 Å². The summed E-state index contributed by atoms with van der Waals surface area (Å²) in [5.41, 5.74) is -1.10. The first-order chi connectivity index (χ1) is 15.0. The molecule has 2 N–H and O–H groups in total. The lowest BCUT2D eigenvalue weighted by atomic mass is 10.0. The third-order valence-electron chi connectivity index (χ3n) is 4.58. The first-order valence-electron chi connectivity index (χ1n) is 9.81. The van der Waals surface area contributed by atoms with Gasteiger partial charge in [-0.3, -0.25) is 9.78 Å². The lowest BCUT2D eigenvalue weighted by molar-refractivity contribution is -0.141. The summed E-state index contributed by atoms with van der Waals surface area (Å²) in [6, 6.07) is 7.33. The Morgan fingerprint density at radius 3 is 2.44 bits per heavy atom. The minimum atomic E-state index is -4.61. The van der Waals surface area contributed by atoms with Gasteiger partial charge in [0.05, 0.1) is 5.69 Å². The summed E-state index contributed by atoms with van der Waals surface area (Å²) in [7, 11) is 0. The van der Waals surface area contributed by atoms with E-state index < -0.39 is 23.9 Å². The molecule has 10 heteroatoms. The zero-order valence-corrected chi connectivity index (χ0v) is 17.3. The fourth-order valence-electron chi connectivity index (χ4n) is 3.06. The highest BCUT2D eigenvalue weighted by atomic mass is 19.4. The highest BCUT2D eigenvalue weighted by Gasteiger charge is 2.32. The molecule has 0 unspecified atom stereocenters. The van der Waals surface area contributed by atoms with Crippen molar-refractivity contribution in [1.82, 2.24) is 20.3 Å². The lowest BCUT2D eigenvalue weighted by Crippen LogP contribution is -2.19. The molecule has 3 aromatic rings. The summed E-state index contributed by atoms with van der Waals surface area (Å²) >= 11 is 0. The molecule has 32 heavy (non-hydrogen) atoms. The lowest BCUT2D eigenvalue weighted by Gasteiger charge is -2.13. The Kier molecular flexibility index (Phi) is 7.02. The highest BCUT2D eigenvalue weighted by Crippen LogP contribution is 2.32. The van der Waals surface area contributed by atoms with Gasteiger partial charge in [-0.2, -0.15) is 13.2 Å². The number of hydrogen-bond donors (Lipinski definition) is 2. The van der Waals surface area contributed by atoms with Crippen molar-refractivity contribution in [3.05, 3.63) is 69.8 Å². The maximum Gasteiger partial charge on any atom is 0.433 e. The molecule has 2 aromatic heterocycles. The van der Waals surface area contributed by atoms with Crippen LogP contribution in [-0.4, -0.2) is 21.5 Å². The fraction of sp³-hybridized carbons (Fsp3) is 0.318. The van der Waals surface area contributed by atoms with Crippen LogP contribution >= 0.6 is 0 Å². The topological polar surface area (TPSA) is 70.7 Å². The molecule has 0 radical (unpaired) electrons. The summed E-state index contributed by atoms with van der Waals surface area (Å²) in [6.45, 7) is 5.24. The van der Waals surface area contributed by atoms with Crippen LogP contribution in [0.4, 0.5) is 22.0 Å². The van der Waals surface area contributed by atoms with Gasteiger partial charge in [0.15, 0.2) is 0 Å². The largest absolute Gasteiger partial charge is 0.433 e. The van der Waals surface area contributed by atoms with E-state index >= 15 is 0 Å². The van der Waals surface area contributed by atoms with Crippen molar-refractivity contribution in [2.45, 2.75) is 33.0 Å². The SMILES string of the molecule is CC(C)CNCc1ccc(C(F)F)c(-c2nc(-c3ccc(C(F)(F)F)nc3)cc(=O)[nH]2)c1. The number of alkyl halides is 5. The molecule has 5 nitrogen and oxygen atoms in total. The molecule has 0 spiro atoms. The molecule has 0 saturated heterocycles. The zero-order valence-electron chi connectivity index (χ0n) is 17.3. The molecule has 1 aromatic carbocycles. The number of aromatic nitrogens is 3. The number of H-pyrrole nitrogens is 1. The van der Waals surface area contributed by atoms with E-state index in [4.69, 9.17) is 0 Å². The van der Waals surface area contributed by atoms with E-state index in [-0.39, 0.29) is 28.2 Å². The normalized spacial score (nSPS) is 12.0. The minimum Gasteiger partial charge on any atom is -0.312 e. The number of rotatable bonds is 7. The maximum absolute atomic E-state index is 13.6. The number of pyridine rings is 1. The molecule has 0 aliphatic carbocycles. The summed E-state index contributed by atoms with van der Waals surface area (Å²) in [5, 5.41) is 3.21. The third-order valence-corrected chi connectivity index (χ3v) is 4.58. The number of nitrogens with one attached hydrogen (secondary N) is 2. The summed E-state index contributed by atoms with van der Waals surface area (Å²) in [6.07, 6.45) is -6.49. The second-order valence-corrected chi connectivity index (χ2v) is 7.66. The van der Waals surface area contributed by atoms with Gasteiger partial charge in [-0.15, -0.1) is 0 Å². The summed E-state index contributed by atoms with van der Waals surface area (Å²) in [5.74, 6) is 0.301. The molecular weight excluding hydrogens is 431 g/mol. The van der Waals surface area contributed by atoms with Crippen LogP contribution < -0.4 is 10.9 Å². The Balaban J connectivity index is 2.02. The monoisotopic (exact) mass is 452 g/mol. The molecule has 170 valence electrons. The van der Waals surface area contributed by atoms with Crippen LogP contribution in [0.1, 0.15) is 37.1 Å². The van der Waals surface area contributed by atoms with Gasteiger partial charge >= 0.3 is 6.18 Å². The van der Waals surface area contributed by atoms with Gasteiger partial charge in [0.2, 0.25) is 0 Å². The number of aromatic amines is 1. The number of halogens is 5. The van der Waals surface area contributed by atoms with E-state index in [0.717, 1.165) is 30.9 Å². The van der Waals surface area contributed by atoms with Crippen LogP contribution in [-0.2, 0) is 12.7 Å². The molecule has 3 rings (SSSR count). The number of hydrogen-bond acceptors (Lipinski definition) is 4. The molecule has 0 fully saturated rings. The highest BCUT2D eigenvalue weighted by molar-refractivity contribution is 5.66. The van der Waals surface area contributed by atoms with Crippen LogP contribution in [0.25, 0.3) is 22.6 Å². The molecule has 2 heterocycles. The average molecular weight is 452 g/mol. The van der Waals surface area contributed by atoms with E-state index in [1.54, 1.807) is 6.07 Å². The molecule has 0 bridgehead atoms. The van der Waals surface area contributed by atoms with E-state index in [1.807, 2.05) is 13.8 Å². The number of nitrogens with zero attached hydrogens (tertiary/aromatic N) is 2. The van der Waals surface area contributed by atoms with Gasteiger partial charge in [0.1, 0.15) is 11.5 Å². The number of benzene rings is 1. The van der Waals surface area contributed by atoms with Gasteiger partial charge in [-0.25, -0.2) is 13.8 Å². The van der Waals surface area contributed by atoms with Crippen molar-refractivity contribution in [3.8, 4) is 22.6 Å². The second kappa shape index (κ2) is 9.56. The van der Waals surface area contributed by atoms with Gasteiger partial charge in [0, 0.05) is 35.5 Å².